The number of imidazole rings is 1. The molecule has 1 aromatic heterocycles. The lowest BCUT2D eigenvalue weighted by Crippen LogP contribution is -2.11. The summed E-state index contributed by atoms with van der Waals surface area (Å²) in [5, 5.41) is 3.92. The Labute approximate surface area is 106 Å². The highest BCUT2D eigenvalue weighted by Crippen LogP contribution is 2.11. The van der Waals surface area contributed by atoms with Gasteiger partial charge in [0.1, 0.15) is 0 Å². The smallest absolute Gasteiger partial charge is 0.0948 e. The van der Waals surface area contributed by atoms with E-state index in [1.54, 1.807) is 0 Å². The molecule has 0 atom stereocenters. The standard InChI is InChI=1S/C13H16ClN3/c1-15-8-13-9-16-10-17(13)7-6-11-2-4-12(14)5-3-11/h2-5,9-10,15H,6-8H2,1H3. The van der Waals surface area contributed by atoms with Gasteiger partial charge in [0, 0.05) is 24.3 Å². The minimum Gasteiger partial charge on any atom is -0.333 e. The molecule has 0 radical (unpaired) electrons. The molecule has 17 heavy (non-hydrogen) atoms. The Morgan fingerprint density at radius 2 is 2.06 bits per heavy atom. The quantitative estimate of drug-likeness (QED) is 0.883. The summed E-state index contributed by atoms with van der Waals surface area (Å²) in [5.41, 5.74) is 2.50. The molecule has 3 nitrogen and oxygen atoms in total. The fraction of sp³-hybridized carbons (Fsp3) is 0.308. The predicted molar refractivity (Wildman–Crippen MR) is 70.1 cm³/mol. The van der Waals surface area contributed by atoms with E-state index in [1.807, 2.05) is 31.7 Å². The van der Waals surface area contributed by atoms with Crippen LogP contribution < -0.4 is 5.32 Å². The van der Waals surface area contributed by atoms with Crippen molar-refractivity contribution >= 4 is 11.6 Å². The van der Waals surface area contributed by atoms with E-state index in [-0.39, 0.29) is 0 Å². The van der Waals surface area contributed by atoms with Gasteiger partial charge in [0.2, 0.25) is 0 Å². The Hall–Kier alpha value is -1.32. The first-order valence-electron chi connectivity index (χ1n) is 5.67. The summed E-state index contributed by atoms with van der Waals surface area (Å²) in [5.74, 6) is 0. The summed E-state index contributed by atoms with van der Waals surface area (Å²) in [6, 6.07) is 7.99. The van der Waals surface area contributed by atoms with E-state index in [0.717, 1.165) is 24.5 Å². The first kappa shape index (κ1) is 12.1. The van der Waals surface area contributed by atoms with Crippen LogP contribution in [0.5, 0.6) is 0 Å². The number of hydrogen-bond donors (Lipinski definition) is 1. The molecule has 0 unspecified atom stereocenters. The molecule has 0 fully saturated rings. The van der Waals surface area contributed by atoms with Gasteiger partial charge in [0.25, 0.3) is 0 Å². The van der Waals surface area contributed by atoms with Crippen molar-refractivity contribution in [3.63, 3.8) is 0 Å². The Morgan fingerprint density at radius 1 is 1.29 bits per heavy atom. The van der Waals surface area contributed by atoms with E-state index in [1.165, 1.54) is 11.3 Å². The van der Waals surface area contributed by atoms with Crippen LogP contribution in [-0.4, -0.2) is 16.6 Å². The van der Waals surface area contributed by atoms with E-state index in [4.69, 9.17) is 11.6 Å². The van der Waals surface area contributed by atoms with Crippen molar-refractivity contribution in [1.29, 1.82) is 0 Å². The molecule has 1 N–H and O–H groups in total. The molecular weight excluding hydrogens is 234 g/mol. The molecular formula is C13H16ClN3. The van der Waals surface area contributed by atoms with Gasteiger partial charge in [0.15, 0.2) is 0 Å². The number of aryl methyl sites for hydroxylation is 2. The van der Waals surface area contributed by atoms with Gasteiger partial charge in [-0.1, -0.05) is 23.7 Å². The maximum absolute atomic E-state index is 5.85. The Bertz CT molecular complexity index is 462. The monoisotopic (exact) mass is 249 g/mol. The molecule has 0 aliphatic heterocycles. The molecule has 0 saturated heterocycles. The van der Waals surface area contributed by atoms with Crippen molar-refractivity contribution in [3.05, 3.63) is 53.1 Å². The van der Waals surface area contributed by atoms with E-state index in [2.05, 4.69) is 27.0 Å². The molecule has 4 heteroatoms. The van der Waals surface area contributed by atoms with Crippen molar-refractivity contribution in [1.82, 2.24) is 14.9 Å². The predicted octanol–water partition coefficient (Wildman–Crippen LogP) is 2.50. The Balaban J connectivity index is 1.97. The van der Waals surface area contributed by atoms with Crippen LogP contribution >= 0.6 is 11.6 Å². The lowest BCUT2D eigenvalue weighted by atomic mass is 10.1. The van der Waals surface area contributed by atoms with Crippen LogP contribution in [0.4, 0.5) is 0 Å². The zero-order valence-electron chi connectivity index (χ0n) is 9.86. The number of halogens is 1. The lowest BCUT2D eigenvalue weighted by molar-refractivity contribution is 0.637. The molecule has 0 spiro atoms. The topological polar surface area (TPSA) is 29.9 Å². The Morgan fingerprint density at radius 3 is 2.76 bits per heavy atom. The Kier molecular flexibility index (Phi) is 4.18. The number of aromatic nitrogens is 2. The fourth-order valence-corrected chi connectivity index (χ4v) is 1.90. The third-order valence-electron chi connectivity index (χ3n) is 2.71. The van der Waals surface area contributed by atoms with E-state index >= 15 is 0 Å². The van der Waals surface area contributed by atoms with Crippen LogP contribution in [0.25, 0.3) is 0 Å². The van der Waals surface area contributed by atoms with Crippen LogP contribution in [0, 0.1) is 0 Å². The molecule has 0 aliphatic rings. The van der Waals surface area contributed by atoms with Gasteiger partial charge in [-0.3, -0.25) is 0 Å². The molecule has 0 bridgehead atoms. The summed E-state index contributed by atoms with van der Waals surface area (Å²) in [6.45, 7) is 1.79. The number of rotatable bonds is 5. The molecule has 0 amide bonds. The zero-order chi connectivity index (χ0) is 12.1. The third kappa shape index (κ3) is 3.32. The highest BCUT2D eigenvalue weighted by molar-refractivity contribution is 6.30. The number of nitrogens with zero attached hydrogens (tertiary/aromatic N) is 2. The minimum atomic E-state index is 0.784. The van der Waals surface area contributed by atoms with E-state index in [9.17, 15) is 0 Å². The minimum absolute atomic E-state index is 0.784. The molecule has 0 saturated carbocycles. The normalized spacial score (nSPS) is 10.7. The molecule has 0 aliphatic carbocycles. The average molecular weight is 250 g/mol. The zero-order valence-corrected chi connectivity index (χ0v) is 10.6. The highest BCUT2D eigenvalue weighted by Gasteiger charge is 2.01. The van der Waals surface area contributed by atoms with Gasteiger partial charge in [-0.15, -0.1) is 0 Å². The van der Waals surface area contributed by atoms with Crippen LogP contribution in [0.2, 0.25) is 5.02 Å². The third-order valence-corrected chi connectivity index (χ3v) is 2.96. The summed E-state index contributed by atoms with van der Waals surface area (Å²) in [7, 11) is 1.94. The van der Waals surface area contributed by atoms with Crippen molar-refractivity contribution in [2.24, 2.45) is 0 Å². The molecule has 1 aromatic carbocycles. The summed E-state index contributed by atoms with van der Waals surface area (Å²) in [6.07, 6.45) is 4.77. The van der Waals surface area contributed by atoms with Gasteiger partial charge in [-0.2, -0.15) is 0 Å². The van der Waals surface area contributed by atoms with Crippen LogP contribution in [0.3, 0.4) is 0 Å². The SMILES string of the molecule is CNCc1cncn1CCc1ccc(Cl)cc1. The van der Waals surface area contributed by atoms with E-state index in [0.29, 0.717) is 0 Å². The molecule has 2 aromatic rings. The second kappa shape index (κ2) is 5.84. The van der Waals surface area contributed by atoms with Gasteiger partial charge < -0.3 is 9.88 Å². The maximum atomic E-state index is 5.85. The van der Waals surface area contributed by atoms with Crippen molar-refractivity contribution in [2.45, 2.75) is 19.5 Å². The van der Waals surface area contributed by atoms with E-state index < -0.39 is 0 Å². The van der Waals surface area contributed by atoms with Gasteiger partial charge >= 0.3 is 0 Å². The van der Waals surface area contributed by atoms with Gasteiger partial charge in [-0.05, 0) is 31.2 Å². The average Bonchev–Trinajstić information content (AvgIpc) is 2.77. The molecule has 90 valence electrons. The number of nitrogens with one attached hydrogen (secondary N) is 1. The van der Waals surface area contributed by atoms with Crippen molar-refractivity contribution < 1.29 is 0 Å². The largest absolute Gasteiger partial charge is 0.333 e. The fourth-order valence-electron chi connectivity index (χ4n) is 1.78. The number of benzene rings is 1. The van der Waals surface area contributed by atoms with Crippen LogP contribution in [0.15, 0.2) is 36.8 Å². The van der Waals surface area contributed by atoms with Crippen LogP contribution in [0.1, 0.15) is 11.3 Å². The maximum Gasteiger partial charge on any atom is 0.0948 e. The van der Waals surface area contributed by atoms with Crippen molar-refractivity contribution in [3.8, 4) is 0 Å². The van der Waals surface area contributed by atoms with Crippen LogP contribution in [-0.2, 0) is 19.5 Å². The molecule has 2 rings (SSSR count). The first-order chi connectivity index (χ1) is 8.29. The first-order valence-corrected chi connectivity index (χ1v) is 6.05. The van der Waals surface area contributed by atoms with Gasteiger partial charge in [0.05, 0.1) is 12.0 Å². The summed E-state index contributed by atoms with van der Waals surface area (Å²) in [4.78, 5) is 4.17. The molecule has 1 heterocycles. The number of hydrogen-bond acceptors (Lipinski definition) is 2. The second-order valence-corrected chi connectivity index (χ2v) is 4.42. The summed E-state index contributed by atoms with van der Waals surface area (Å²) < 4.78 is 2.17. The van der Waals surface area contributed by atoms with Gasteiger partial charge in [-0.25, -0.2) is 4.98 Å². The highest BCUT2D eigenvalue weighted by atomic mass is 35.5. The second-order valence-electron chi connectivity index (χ2n) is 3.99. The summed E-state index contributed by atoms with van der Waals surface area (Å²) >= 11 is 5.85. The lowest BCUT2D eigenvalue weighted by Gasteiger charge is -2.07. The van der Waals surface area contributed by atoms with Crippen molar-refractivity contribution in [2.75, 3.05) is 7.05 Å².